The van der Waals surface area contributed by atoms with Crippen LogP contribution >= 0.6 is 0 Å². The molecule has 1 fully saturated rings. The normalized spacial score (nSPS) is 23.7. The van der Waals surface area contributed by atoms with Crippen LogP contribution in [0.1, 0.15) is 36.5 Å². The van der Waals surface area contributed by atoms with E-state index >= 15 is 0 Å². The van der Waals surface area contributed by atoms with Crippen molar-refractivity contribution in [2.75, 3.05) is 20.2 Å². The number of methoxy groups -OCH3 is 1. The molecule has 4 heteroatoms. The van der Waals surface area contributed by atoms with Gasteiger partial charge in [-0.2, -0.15) is 0 Å². The SMILES string of the molecule is CCC1(C(=O)c2cncc(OC)c2)CCCNC1. The third-order valence-electron chi connectivity index (χ3n) is 3.84. The summed E-state index contributed by atoms with van der Waals surface area (Å²) in [5, 5.41) is 3.33. The van der Waals surface area contributed by atoms with E-state index in [0.29, 0.717) is 11.3 Å². The zero-order chi connectivity index (χ0) is 13.0. The second kappa shape index (κ2) is 5.48. The van der Waals surface area contributed by atoms with E-state index in [-0.39, 0.29) is 11.2 Å². The molecule has 1 aromatic heterocycles. The lowest BCUT2D eigenvalue weighted by molar-refractivity contribution is 0.0730. The Labute approximate surface area is 108 Å². The lowest BCUT2D eigenvalue weighted by atomic mass is 9.73. The predicted molar refractivity (Wildman–Crippen MR) is 69.9 cm³/mol. The summed E-state index contributed by atoms with van der Waals surface area (Å²) in [6.07, 6.45) is 6.12. The molecule has 1 atom stereocenters. The van der Waals surface area contributed by atoms with E-state index in [1.807, 2.05) is 0 Å². The molecule has 0 spiro atoms. The molecule has 18 heavy (non-hydrogen) atoms. The first kappa shape index (κ1) is 13.0. The Morgan fingerprint density at radius 2 is 2.39 bits per heavy atom. The molecule has 1 saturated heterocycles. The van der Waals surface area contributed by atoms with E-state index in [1.54, 1.807) is 25.6 Å². The molecule has 98 valence electrons. The number of hydrogen-bond donors (Lipinski definition) is 1. The van der Waals surface area contributed by atoms with Crippen LogP contribution in [0.5, 0.6) is 5.75 Å². The minimum absolute atomic E-state index is 0.184. The Morgan fingerprint density at radius 1 is 1.56 bits per heavy atom. The average molecular weight is 248 g/mol. The van der Waals surface area contributed by atoms with Gasteiger partial charge < -0.3 is 10.1 Å². The molecule has 1 aromatic rings. The van der Waals surface area contributed by atoms with E-state index in [4.69, 9.17) is 4.74 Å². The van der Waals surface area contributed by atoms with Gasteiger partial charge in [0.2, 0.25) is 0 Å². The highest BCUT2D eigenvalue weighted by Crippen LogP contribution is 2.34. The molecule has 4 nitrogen and oxygen atoms in total. The number of rotatable bonds is 4. The fourth-order valence-corrected chi connectivity index (χ4v) is 2.58. The van der Waals surface area contributed by atoms with Crippen LogP contribution in [0.2, 0.25) is 0 Å². The molecule has 0 saturated carbocycles. The maximum Gasteiger partial charge on any atom is 0.171 e. The standard InChI is InChI=1S/C14H20N2O2/c1-3-14(5-4-6-15-10-14)13(17)11-7-12(18-2)9-16-8-11/h7-9,15H,3-6,10H2,1-2H3. The average Bonchev–Trinajstić information content (AvgIpc) is 2.47. The number of hydrogen-bond acceptors (Lipinski definition) is 4. The van der Waals surface area contributed by atoms with Crippen molar-refractivity contribution in [2.24, 2.45) is 5.41 Å². The maximum absolute atomic E-state index is 12.7. The molecule has 0 aromatic carbocycles. The van der Waals surface area contributed by atoms with Crippen LogP contribution in [-0.2, 0) is 0 Å². The van der Waals surface area contributed by atoms with Crippen molar-refractivity contribution in [3.63, 3.8) is 0 Å². The second-order valence-corrected chi connectivity index (χ2v) is 4.86. The van der Waals surface area contributed by atoms with Crippen LogP contribution in [-0.4, -0.2) is 31.0 Å². The van der Waals surface area contributed by atoms with E-state index in [9.17, 15) is 4.79 Å². The first-order valence-corrected chi connectivity index (χ1v) is 6.46. The number of Topliss-reactive ketones (excluding diaryl/α,β-unsaturated/α-hetero) is 1. The highest BCUT2D eigenvalue weighted by Gasteiger charge is 2.38. The highest BCUT2D eigenvalue weighted by atomic mass is 16.5. The van der Waals surface area contributed by atoms with Gasteiger partial charge in [0.05, 0.1) is 13.3 Å². The first-order valence-electron chi connectivity index (χ1n) is 6.46. The highest BCUT2D eigenvalue weighted by molar-refractivity contribution is 6.00. The van der Waals surface area contributed by atoms with Crippen LogP contribution in [0.15, 0.2) is 18.5 Å². The number of carbonyl (C=O) groups is 1. The van der Waals surface area contributed by atoms with Crippen LogP contribution < -0.4 is 10.1 Å². The number of nitrogens with one attached hydrogen (secondary N) is 1. The summed E-state index contributed by atoms with van der Waals surface area (Å²) in [7, 11) is 1.59. The van der Waals surface area contributed by atoms with Crippen LogP contribution in [0, 0.1) is 5.41 Å². The number of ketones is 1. The zero-order valence-electron chi connectivity index (χ0n) is 11.0. The summed E-state index contributed by atoms with van der Waals surface area (Å²) in [4.78, 5) is 16.8. The smallest absolute Gasteiger partial charge is 0.171 e. The first-order chi connectivity index (χ1) is 8.72. The molecule has 1 aliphatic heterocycles. The predicted octanol–water partition coefficient (Wildman–Crippen LogP) is 2.05. The van der Waals surface area contributed by atoms with Crippen molar-refractivity contribution in [2.45, 2.75) is 26.2 Å². The number of pyridine rings is 1. The number of ether oxygens (including phenoxy) is 1. The minimum Gasteiger partial charge on any atom is -0.495 e. The van der Waals surface area contributed by atoms with Crippen LogP contribution in [0.4, 0.5) is 0 Å². The van der Waals surface area contributed by atoms with Crippen LogP contribution in [0.3, 0.4) is 0 Å². The molecule has 1 unspecified atom stereocenters. The van der Waals surface area contributed by atoms with Crippen molar-refractivity contribution in [3.8, 4) is 5.75 Å². The summed E-state index contributed by atoms with van der Waals surface area (Å²) in [5.74, 6) is 0.819. The number of piperidine rings is 1. The van der Waals surface area contributed by atoms with Crippen molar-refractivity contribution in [1.82, 2.24) is 10.3 Å². The molecular weight excluding hydrogens is 228 g/mol. The lowest BCUT2D eigenvalue weighted by Crippen LogP contribution is -2.45. The van der Waals surface area contributed by atoms with Gasteiger partial charge in [0, 0.05) is 23.7 Å². The Hall–Kier alpha value is -1.42. The molecule has 2 rings (SSSR count). The van der Waals surface area contributed by atoms with Gasteiger partial charge in [0.25, 0.3) is 0 Å². The summed E-state index contributed by atoms with van der Waals surface area (Å²) in [6, 6.07) is 1.78. The van der Waals surface area contributed by atoms with Crippen molar-refractivity contribution < 1.29 is 9.53 Å². The summed E-state index contributed by atoms with van der Waals surface area (Å²) in [5.41, 5.74) is 0.381. The van der Waals surface area contributed by atoms with Gasteiger partial charge in [-0.05, 0) is 31.9 Å². The monoisotopic (exact) mass is 248 g/mol. The van der Waals surface area contributed by atoms with Gasteiger partial charge in [-0.15, -0.1) is 0 Å². The molecule has 1 aliphatic rings. The van der Waals surface area contributed by atoms with E-state index < -0.39 is 0 Å². The Balaban J connectivity index is 2.27. The second-order valence-electron chi connectivity index (χ2n) is 4.86. The molecule has 0 radical (unpaired) electrons. The fourth-order valence-electron chi connectivity index (χ4n) is 2.58. The Kier molecular flexibility index (Phi) is 3.97. The van der Waals surface area contributed by atoms with Crippen LogP contribution in [0.25, 0.3) is 0 Å². The molecule has 0 aliphatic carbocycles. The number of aromatic nitrogens is 1. The minimum atomic E-state index is -0.272. The Bertz CT molecular complexity index is 426. The number of nitrogens with zero attached hydrogens (tertiary/aromatic N) is 1. The molecule has 0 bridgehead atoms. The molecule has 0 amide bonds. The van der Waals surface area contributed by atoms with E-state index in [2.05, 4.69) is 17.2 Å². The summed E-state index contributed by atoms with van der Waals surface area (Å²) < 4.78 is 5.13. The molecule has 1 N–H and O–H groups in total. The van der Waals surface area contributed by atoms with E-state index in [0.717, 1.165) is 32.4 Å². The van der Waals surface area contributed by atoms with Crippen molar-refractivity contribution >= 4 is 5.78 Å². The summed E-state index contributed by atoms with van der Waals surface area (Å²) >= 11 is 0. The number of carbonyl (C=O) groups excluding carboxylic acids is 1. The van der Waals surface area contributed by atoms with Crippen molar-refractivity contribution in [1.29, 1.82) is 0 Å². The van der Waals surface area contributed by atoms with Gasteiger partial charge in [-0.1, -0.05) is 6.92 Å². The third-order valence-corrected chi connectivity index (χ3v) is 3.84. The van der Waals surface area contributed by atoms with Crippen molar-refractivity contribution in [3.05, 3.63) is 24.0 Å². The fraction of sp³-hybridized carbons (Fsp3) is 0.571. The molecular formula is C14H20N2O2. The van der Waals surface area contributed by atoms with Gasteiger partial charge in [-0.3, -0.25) is 9.78 Å². The summed E-state index contributed by atoms with van der Waals surface area (Å²) in [6.45, 7) is 3.85. The van der Waals surface area contributed by atoms with Gasteiger partial charge in [-0.25, -0.2) is 0 Å². The third kappa shape index (κ3) is 2.38. The Morgan fingerprint density at radius 3 is 3.00 bits per heavy atom. The van der Waals surface area contributed by atoms with Gasteiger partial charge in [0.15, 0.2) is 5.78 Å². The van der Waals surface area contributed by atoms with Gasteiger partial charge >= 0.3 is 0 Å². The van der Waals surface area contributed by atoms with Gasteiger partial charge in [0.1, 0.15) is 5.75 Å². The lowest BCUT2D eigenvalue weighted by Gasteiger charge is -2.35. The largest absolute Gasteiger partial charge is 0.495 e. The topological polar surface area (TPSA) is 51.2 Å². The zero-order valence-corrected chi connectivity index (χ0v) is 11.0. The quantitative estimate of drug-likeness (QED) is 0.829. The maximum atomic E-state index is 12.7. The van der Waals surface area contributed by atoms with E-state index in [1.165, 1.54) is 0 Å². The molecule has 2 heterocycles.